The lowest BCUT2D eigenvalue weighted by Gasteiger charge is -2.32. The molecular formula is C20H24FN7O. The summed E-state index contributed by atoms with van der Waals surface area (Å²) in [5.41, 5.74) is 7.72. The first-order valence-corrected chi connectivity index (χ1v) is 9.80. The Kier molecular flexibility index (Phi) is 5.66. The number of nitrogens with two attached hydrogens (primary N) is 1. The van der Waals surface area contributed by atoms with Crippen molar-refractivity contribution < 1.29 is 9.18 Å². The average Bonchev–Trinajstić information content (AvgIpc) is 3.14. The minimum absolute atomic E-state index is 0.142. The fraction of sp³-hybridized carbons (Fsp3) is 0.400. The third kappa shape index (κ3) is 4.51. The topological polar surface area (TPSA) is 102 Å². The molecule has 2 aromatic heterocycles. The first-order valence-electron chi connectivity index (χ1n) is 9.80. The first-order chi connectivity index (χ1) is 14.1. The number of halogens is 1. The van der Waals surface area contributed by atoms with Gasteiger partial charge >= 0.3 is 0 Å². The summed E-state index contributed by atoms with van der Waals surface area (Å²) in [7, 11) is 0. The summed E-state index contributed by atoms with van der Waals surface area (Å²) in [5, 5.41) is 3.05. The van der Waals surface area contributed by atoms with E-state index in [-0.39, 0.29) is 17.8 Å². The molecule has 1 aliphatic heterocycles. The third-order valence-electron chi connectivity index (χ3n) is 5.33. The van der Waals surface area contributed by atoms with E-state index in [1.54, 1.807) is 6.33 Å². The molecule has 0 radical (unpaired) electrons. The van der Waals surface area contributed by atoms with E-state index in [1.807, 2.05) is 4.57 Å². The van der Waals surface area contributed by atoms with Gasteiger partial charge in [-0.2, -0.15) is 0 Å². The molecule has 3 heterocycles. The van der Waals surface area contributed by atoms with Gasteiger partial charge in [0.05, 0.1) is 6.33 Å². The number of fused-ring (bicyclic) bond motifs is 1. The number of nitrogens with one attached hydrogen (secondary N) is 1. The van der Waals surface area contributed by atoms with Crippen LogP contribution in [0.2, 0.25) is 0 Å². The van der Waals surface area contributed by atoms with Crippen LogP contribution in [0.25, 0.3) is 11.2 Å². The Hall–Kier alpha value is -3.07. The fourth-order valence-electron chi connectivity index (χ4n) is 3.70. The molecule has 152 valence electrons. The number of anilines is 1. The Labute approximate surface area is 168 Å². The van der Waals surface area contributed by atoms with Crippen LogP contribution in [-0.4, -0.2) is 56.0 Å². The minimum Gasteiger partial charge on any atom is -0.382 e. The maximum Gasteiger partial charge on any atom is 0.251 e. The molecule has 3 N–H and O–H groups in total. The summed E-state index contributed by atoms with van der Waals surface area (Å²) < 4.78 is 15.0. The minimum atomic E-state index is -0.338. The van der Waals surface area contributed by atoms with Crippen LogP contribution in [0.1, 0.15) is 29.6 Å². The van der Waals surface area contributed by atoms with Crippen LogP contribution in [0, 0.1) is 5.82 Å². The van der Waals surface area contributed by atoms with Crippen molar-refractivity contribution in [1.82, 2.24) is 29.7 Å². The Morgan fingerprint density at radius 1 is 1.14 bits per heavy atom. The van der Waals surface area contributed by atoms with Crippen molar-refractivity contribution in [3.63, 3.8) is 0 Å². The molecule has 1 fully saturated rings. The van der Waals surface area contributed by atoms with E-state index in [9.17, 15) is 9.18 Å². The molecule has 1 aromatic carbocycles. The molecule has 0 atom stereocenters. The predicted octanol–water partition coefficient (Wildman–Crippen LogP) is 1.83. The van der Waals surface area contributed by atoms with Gasteiger partial charge in [0, 0.05) is 31.2 Å². The van der Waals surface area contributed by atoms with E-state index in [4.69, 9.17) is 5.73 Å². The maximum absolute atomic E-state index is 13.0. The first kappa shape index (κ1) is 19.3. The molecule has 1 amide bonds. The Balaban J connectivity index is 1.21. The Bertz CT molecular complexity index is 980. The molecule has 0 unspecified atom stereocenters. The van der Waals surface area contributed by atoms with Crippen molar-refractivity contribution in [3.8, 4) is 0 Å². The summed E-state index contributed by atoms with van der Waals surface area (Å²) in [6.45, 7) is 3.66. The van der Waals surface area contributed by atoms with Crippen LogP contribution >= 0.6 is 0 Å². The van der Waals surface area contributed by atoms with Gasteiger partial charge in [0.1, 0.15) is 17.7 Å². The van der Waals surface area contributed by atoms with E-state index in [0.29, 0.717) is 16.9 Å². The summed E-state index contributed by atoms with van der Waals surface area (Å²) >= 11 is 0. The van der Waals surface area contributed by atoms with Gasteiger partial charge in [-0.25, -0.2) is 19.3 Å². The quantitative estimate of drug-likeness (QED) is 0.658. The number of amides is 1. The van der Waals surface area contributed by atoms with Crippen molar-refractivity contribution in [2.75, 3.05) is 25.4 Å². The molecule has 0 saturated carbocycles. The number of nitrogens with zero attached hydrogens (tertiary/aromatic N) is 5. The van der Waals surface area contributed by atoms with Crippen molar-refractivity contribution in [3.05, 3.63) is 48.3 Å². The lowest BCUT2D eigenvalue weighted by Crippen LogP contribution is -2.44. The zero-order valence-electron chi connectivity index (χ0n) is 16.1. The monoisotopic (exact) mass is 397 g/mol. The predicted molar refractivity (Wildman–Crippen MR) is 108 cm³/mol. The molecule has 0 bridgehead atoms. The van der Waals surface area contributed by atoms with Gasteiger partial charge in [-0.05, 0) is 50.1 Å². The number of carbonyl (C=O) groups is 1. The van der Waals surface area contributed by atoms with Gasteiger partial charge in [-0.3, -0.25) is 4.79 Å². The molecule has 1 aliphatic rings. The second-order valence-corrected chi connectivity index (χ2v) is 7.32. The van der Waals surface area contributed by atoms with E-state index in [0.717, 1.165) is 51.1 Å². The fourth-order valence-corrected chi connectivity index (χ4v) is 3.70. The number of imidazole rings is 1. The highest BCUT2D eigenvalue weighted by Gasteiger charge is 2.21. The number of piperidine rings is 1. The van der Waals surface area contributed by atoms with Gasteiger partial charge in [-0.15, -0.1) is 0 Å². The molecule has 29 heavy (non-hydrogen) atoms. The van der Waals surface area contributed by atoms with Crippen LogP contribution < -0.4 is 11.1 Å². The van der Waals surface area contributed by atoms with Crippen molar-refractivity contribution in [1.29, 1.82) is 0 Å². The van der Waals surface area contributed by atoms with E-state index < -0.39 is 0 Å². The number of aromatic nitrogens is 4. The molecule has 4 rings (SSSR count). The normalized spacial score (nSPS) is 15.6. The number of hydrogen-bond donors (Lipinski definition) is 2. The number of carbonyl (C=O) groups excluding carboxylic acids is 1. The summed E-state index contributed by atoms with van der Waals surface area (Å²) in [4.78, 5) is 27.2. The van der Waals surface area contributed by atoms with Gasteiger partial charge in [0.15, 0.2) is 11.5 Å². The highest BCUT2D eigenvalue weighted by Crippen LogP contribution is 2.16. The van der Waals surface area contributed by atoms with E-state index in [1.165, 1.54) is 30.6 Å². The molecular weight excluding hydrogens is 373 g/mol. The Morgan fingerprint density at radius 3 is 2.66 bits per heavy atom. The van der Waals surface area contributed by atoms with E-state index >= 15 is 0 Å². The highest BCUT2D eigenvalue weighted by atomic mass is 19.1. The van der Waals surface area contributed by atoms with Gasteiger partial charge < -0.3 is 20.5 Å². The number of aryl methyl sites for hydroxylation is 1. The third-order valence-corrected chi connectivity index (χ3v) is 5.33. The standard InChI is InChI=1S/C20H24FN7O/c21-15-4-2-14(3-5-15)20(29)26-16-6-10-27(11-7-16)8-1-9-28-13-25-17-18(22)23-12-24-19(17)28/h2-5,12-13,16H,1,6-11H2,(H,26,29)(H2,22,23,24). The number of hydrogen-bond acceptors (Lipinski definition) is 6. The lowest BCUT2D eigenvalue weighted by molar-refractivity contribution is 0.0910. The van der Waals surface area contributed by atoms with Gasteiger partial charge in [0.25, 0.3) is 5.91 Å². The van der Waals surface area contributed by atoms with Crippen LogP contribution in [0.3, 0.4) is 0 Å². The number of benzene rings is 1. The van der Waals surface area contributed by atoms with E-state index in [2.05, 4.69) is 25.2 Å². The van der Waals surface area contributed by atoms with Crippen LogP contribution in [0.5, 0.6) is 0 Å². The second-order valence-electron chi connectivity index (χ2n) is 7.32. The molecule has 3 aromatic rings. The lowest BCUT2D eigenvalue weighted by atomic mass is 10.0. The van der Waals surface area contributed by atoms with Crippen molar-refractivity contribution in [2.24, 2.45) is 0 Å². The molecule has 0 aliphatic carbocycles. The SMILES string of the molecule is Nc1ncnc2c1ncn2CCCN1CCC(NC(=O)c2ccc(F)cc2)CC1. The van der Waals surface area contributed by atoms with Crippen LogP contribution in [-0.2, 0) is 6.54 Å². The number of likely N-dealkylation sites (tertiary alicyclic amines) is 1. The summed E-state index contributed by atoms with van der Waals surface area (Å²) in [5.74, 6) is -0.0790. The largest absolute Gasteiger partial charge is 0.382 e. The maximum atomic E-state index is 13.0. The number of nitrogen functional groups attached to an aromatic ring is 1. The Morgan fingerprint density at radius 2 is 1.90 bits per heavy atom. The summed E-state index contributed by atoms with van der Waals surface area (Å²) in [6.07, 6.45) is 6.01. The second kappa shape index (κ2) is 8.52. The highest BCUT2D eigenvalue weighted by molar-refractivity contribution is 5.94. The van der Waals surface area contributed by atoms with Crippen LogP contribution in [0.15, 0.2) is 36.9 Å². The smallest absolute Gasteiger partial charge is 0.251 e. The zero-order valence-corrected chi connectivity index (χ0v) is 16.1. The van der Waals surface area contributed by atoms with Crippen molar-refractivity contribution in [2.45, 2.75) is 31.8 Å². The zero-order chi connectivity index (χ0) is 20.2. The number of rotatable bonds is 6. The van der Waals surface area contributed by atoms with Gasteiger partial charge in [0.2, 0.25) is 0 Å². The van der Waals surface area contributed by atoms with Crippen molar-refractivity contribution >= 4 is 22.9 Å². The van der Waals surface area contributed by atoms with Crippen LogP contribution in [0.4, 0.5) is 10.2 Å². The molecule has 8 nitrogen and oxygen atoms in total. The molecule has 0 spiro atoms. The summed E-state index contributed by atoms with van der Waals surface area (Å²) in [6, 6.07) is 5.79. The average molecular weight is 397 g/mol. The molecule has 9 heteroatoms. The van der Waals surface area contributed by atoms with Gasteiger partial charge in [-0.1, -0.05) is 0 Å². The molecule has 1 saturated heterocycles.